The number of rotatable bonds is 5. The molecule has 1 aromatic carbocycles. The fourth-order valence-electron chi connectivity index (χ4n) is 2.38. The van der Waals surface area contributed by atoms with Gasteiger partial charge >= 0.3 is 0 Å². The van der Waals surface area contributed by atoms with E-state index in [2.05, 4.69) is 10.4 Å². The van der Waals surface area contributed by atoms with Crippen LogP contribution in [0.4, 0.5) is 0 Å². The van der Waals surface area contributed by atoms with Gasteiger partial charge in [0.05, 0.1) is 26.0 Å². The Labute approximate surface area is 130 Å². The molecule has 0 fully saturated rings. The summed E-state index contributed by atoms with van der Waals surface area (Å²) in [4.78, 5) is 12.4. The zero-order valence-electron chi connectivity index (χ0n) is 13.5. The van der Waals surface area contributed by atoms with Gasteiger partial charge in [0.2, 0.25) is 0 Å². The van der Waals surface area contributed by atoms with E-state index in [4.69, 9.17) is 9.47 Å². The maximum atomic E-state index is 12.4. The predicted molar refractivity (Wildman–Crippen MR) is 83.4 cm³/mol. The molecule has 2 aromatic rings. The van der Waals surface area contributed by atoms with Gasteiger partial charge in [0.25, 0.3) is 5.91 Å². The average Bonchev–Trinajstić information content (AvgIpc) is 2.85. The maximum absolute atomic E-state index is 12.4. The molecule has 1 heterocycles. The molecule has 0 bridgehead atoms. The molecule has 1 atom stereocenters. The summed E-state index contributed by atoms with van der Waals surface area (Å²) < 4.78 is 12.1. The molecule has 0 spiro atoms. The lowest BCUT2D eigenvalue weighted by Gasteiger charge is -2.14. The summed E-state index contributed by atoms with van der Waals surface area (Å²) in [5.41, 5.74) is 2.42. The molecule has 22 heavy (non-hydrogen) atoms. The van der Waals surface area contributed by atoms with Crippen LogP contribution in [-0.4, -0.2) is 29.9 Å². The van der Waals surface area contributed by atoms with E-state index in [0.29, 0.717) is 17.1 Å². The SMILES string of the molecule is COc1ccc(C(=O)NC(C)c2cn(C)nc2C)cc1OC. The molecule has 1 N–H and O–H groups in total. The van der Waals surface area contributed by atoms with Gasteiger partial charge in [0, 0.05) is 24.4 Å². The molecule has 118 valence electrons. The number of aromatic nitrogens is 2. The monoisotopic (exact) mass is 303 g/mol. The lowest BCUT2D eigenvalue weighted by Crippen LogP contribution is -2.26. The van der Waals surface area contributed by atoms with Crippen molar-refractivity contribution >= 4 is 5.91 Å². The third-order valence-electron chi connectivity index (χ3n) is 3.51. The molecule has 0 aliphatic carbocycles. The van der Waals surface area contributed by atoms with Gasteiger partial charge in [-0.25, -0.2) is 0 Å². The maximum Gasteiger partial charge on any atom is 0.251 e. The van der Waals surface area contributed by atoms with E-state index in [1.54, 1.807) is 37.1 Å². The number of nitrogens with one attached hydrogen (secondary N) is 1. The van der Waals surface area contributed by atoms with Crippen molar-refractivity contribution in [3.8, 4) is 11.5 Å². The molecule has 1 aromatic heterocycles. The van der Waals surface area contributed by atoms with E-state index in [0.717, 1.165) is 11.3 Å². The number of hydrogen-bond donors (Lipinski definition) is 1. The van der Waals surface area contributed by atoms with E-state index >= 15 is 0 Å². The van der Waals surface area contributed by atoms with Crippen molar-refractivity contribution in [1.82, 2.24) is 15.1 Å². The third kappa shape index (κ3) is 3.21. The van der Waals surface area contributed by atoms with Crippen LogP contribution in [0, 0.1) is 6.92 Å². The molecule has 2 rings (SSSR count). The quantitative estimate of drug-likeness (QED) is 0.920. The molecule has 1 amide bonds. The minimum absolute atomic E-state index is 0.130. The summed E-state index contributed by atoms with van der Waals surface area (Å²) in [6, 6.07) is 4.96. The normalized spacial score (nSPS) is 11.9. The number of methoxy groups -OCH3 is 2. The van der Waals surface area contributed by atoms with Crippen molar-refractivity contribution in [2.75, 3.05) is 14.2 Å². The van der Waals surface area contributed by atoms with Crippen LogP contribution in [-0.2, 0) is 7.05 Å². The summed E-state index contributed by atoms with van der Waals surface area (Å²) in [5.74, 6) is 0.951. The topological polar surface area (TPSA) is 65.4 Å². The smallest absolute Gasteiger partial charge is 0.251 e. The fourth-order valence-corrected chi connectivity index (χ4v) is 2.38. The highest BCUT2D eigenvalue weighted by Crippen LogP contribution is 2.27. The largest absolute Gasteiger partial charge is 0.493 e. The lowest BCUT2D eigenvalue weighted by atomic mass is 10.1. The number of carbonyl (C=O) groups excluding carboxylic acids is 1. The summed E-state index contributed by atoms with van der Waals surface area (Å²) in [7, 11) is 4.96. The molecule has 0 aliphatic rings. The van der Waals surface area contributed by atoms with Crippen molar-refractivity contribution in [3.05, 3.63) is 41.2 Å². The number of benzene rings is 1. The molecule has 6 heteroatoms. The van der Waals surface area contributed by atoms with Gasteiger partial charge in [-0.2, -0.15) is 5.10 Å². The van der Waals surface area contributed by atoms with Crippen LogP contribution in [0.2, 0.25) is 0 Å². The molecule has 0 radical (unpaired) electrons. The second kappa shape index (κ2) is 6.51. The standard InChI is InChI=1S/C16H21N3O3/c1-10(13-9-19(3)18-11(13)2)17-16(20)12-6-7-14(21-4)15(8-12)22-5/h6-10H,1-5H3,(H,17,20). The van der Waals surface area contributed by atoms with Gasteiger partial charge in [0.15, 0.2) is 11.5 Å². The van der Waals surface area contributed by atoms with Crippen molar-refractivity contribution in [2.24, 2.45) is 7.05 Å². The zero-order valence-corrected chi connectivity index (χ0v) is 13.5. The van der Waals surface area contributed by atoms with E-state index < -0.39 is 0 Å². The van der Waals surface area contributed by atoms with Gasteiger partial charge in [-0.1, -0.05) is 0 Å². The third-order valence-corrected chi connectivity index (χ3v) is 3.51. The number of ether oxygens (including phenoxy) is 2. The van der Waals surface area contributed by atoms with Crippen LogP contribution in [0.3, 0.4) is 0 Å². The van der Waals surface area contributed by atoms with Crippen molar-refractivity contribution in [3.63, 3.8) is 0 Å². The number of hydrogen-bond acceptors (Lipinski definition) is 4. The highest BCUT2D eigenvalue weighted by molar-refractivity contribution is 5.95. The molecule has 0 saturated heterocycles. The highest BCUT2D eigenvalue weighted by atomic mass is 16.5. The number of aryl methyl sites for hydroxylation is 2. The van der Waals surface area contributed by atoms with Crippen LogP contribution in [0.1, 0.15) is 34.6 Å². The first-order chi connectivity index (χ1) is 10.5. The van der Waals surface area contributed by atoms with Crippen LogP contribution in [0.15, 0.2) is 24.4 Å². The summed E-state index contributed by atoms with van der Waals surface area (Å²) in [6.07, 6.45) is 1.91. The number of amides is 1. The first kappa shape index (κ1) is 15.9. The Balaban J connectivity index is 2.17. The Kier molecular flexibility index (Phi) is 4.70. The Hall–Kier alpha value is -2.50. The van der Waals surface area contributed by atoms with Crippen LogP contribution < -0.4 is 14.8 Å². The summed E-state index contributed by atoms with van der Waals surface area (Å²) >= 11 is 0. The van der Waals surface area contributed by atoms with Crippen molar-refractivity contribution in [1.29, 1.82) is 0 Å². The van der Waals surface area contributed by atoms with Crippen LogP contribution in [0.5, 0.6) is 11.5 Å². The fraction of sp³-hybridized carbons (Fsp3) is 0.375. The van der Waals surface area contributed by atoms with Gasteiger partial charge in [-0.05, 0) is 32.0 Å². The first-order valence-electron chi connectivity index (χ1n) is 6.99. The highest BCUT2D eigenvalue weighted by Gasteiger charge is 2.16. The molecular formula is C16H21N3O3. The predicted octanol–water partition coefficient (Wildman–Crippen LogP) is 2.24. The second-order valence-corrected chi connectivity index (χ2v) is 5.11. The van der Waals surface area contributed by atoms with Gasteiger partial charge < -0.3 is 14.8 Å². The van der Waals surface area contributed by atoms with E-state index in [1.165, 1.54) is 0 Å². The molecule has 1 unspecified atom stereocenters. The lowest BCUT2D eigenvalue weighted by molar-refractivity contribution is 0.0939. The Bertz CT molecular complexity index is 679. The zero-order chi connectivity index (χ0) is 16.3. The van der Waals surface area contributed by atoms with E-state index in [-0.39, 0.29) is 11.9 Å². The summed E-state index contributed by atoms with van der Waals surface area (Å²) in [6.45, 7) is 3.86. The van der Waals surface area contributed by atoms with E-state index in [9.17, 15) is 4.79 Å². The minimum atomic E-state index is -0.170. The number of nitrogens with zero attached hydrogens (tertiary/aromatic N) is 2. The summed E-state index contributed by atoms with van der Waals surface area (Å²) in [5, 5.41) is 7.26. The van der Waals surface area contributed by atoms with Crippen LogP contribution >= 0.6 is 0 Å². The van der Waals surface area contributed by atoms with Crippen molar-refractivity contribution < 1.29 is 14.3 Å². The molecule has 0 aliphatic heterocycles. The van der Waals surface area contributed by atoms with Gasteiger partial charge in [0.1, 0.15) is 0 Å². The minimum Gasteiger partial charge on any atom is -0.493 e. The Morgan fingerprint density at radius 3 is 2.50 bits per heavy atom. The average molecular weight is 303 g/mol. The van der Waals surface area contributed by atoms with E-state index in [1.807, 2.05) is 27.1 Å². The first-order valence-corrected chi connectivity index (χ1v) is 6.99. The molecule has 0 saturated carbocycles. The van der Waals surface area contributed by atoms with Crippen LogP contribution in [0.25, 0.3) is 0 Å². The second-order valence-electron chi connectivity index (χ2n) is 5.11. The Morgan fingerprint density at radius 1 is 1.27 bits per heavy atom. The Morgan fingerprint density at radius 2 is 1.95 bits per heavy atom. The molecule has 6 nitrogen and oxygen atoms in total. The van der Waals surface area contributed by atoms with Crippen molar-refractivity contribution in [2.45, 2.75) is 19.9 Å². The van der Waals surface area contributed by atoms with Gasteiger partial charge in [-0.15, -0.1) is 0 Å². The number of carbonyl (C=O) groups is 1. The van der Waals surface area contributed by atoms with Gasteiger partial charge in [-0.3, -0.25) is 9.48 Å². The molecular weight excluding hydrogens is 282 g/mol.